The number of ether oxygens (including phenoxy) is 1. The average Bonchev–Trinajstić information content (AvgIpc) is 2.86. The highest BCUT2D eigenvalue weighted by Gasteiger charge is 2.17. The highest BCUT2D eigenvalue weighted by Crippen LogP contribution is 2.32. The third-order valence-electron chi connectivity index (χ3n) is 6.20. The summed E-state index contributed by atoms with van der Waals surface area (Å²) in [6.45, 7) is 9.84. The van der Waals surface area contributed by atoms with Gasteiger partial charge in [-0.25, -0.2) is 4.79 Å². The summed E-state index contributed by atoms with van der Waals surface area (Å²) in [4.78, 5) is 13.0. The minimum Gasteiger partial charge on any atom is -0.497 e. The van der Waals surface area contributed by atoms with Gasteiger partial charge in [0, 0.05) is 24.8 Å². The van der Waals surface area contributed by atoms with Crippen LogP contribution < -0.4 is 20.7 Å². The molecule has 0 aromatic heterocycles. The molecular formula is C30H39N3O2. The second-order valence-electron chi connectivity index (χ2n) is 9.57. The van der Waals surface area contributed by atoms with E-state index in [-0.39, 0.29) is 12.1 Å². The topological polar surface area (TPSA) is 62.4 Å². The van der Waals surface area contributed by atoms with E-state index in [1.165, 1.54) is 11.1 Å². The molecule has 5 heteroatoms. The van der Waals surface area contributed by atoms with E-state index in [2.05, 4.69) is 86.1 Å². The van der Waals surface area contributed by atoms with Gasteiger partial charge in [0.05, 0.1) is 7.11 Å². The lowest BCUT2D eigenvalue weighted by Crippen LogP contribution is -2.43. The summed E-state index contributed by atoms with van der Waals surface area (Å²) in [5, 5.41) is 9.88. The summed E-state index contributed by atoms with van der Waals surface area (Å²) in [5.41, 5.74) is 5.64. The average molecular weight is 474 g/mol. The standard InChI is InChI=1S/C30H39N3O2/c1-21(2)27-12-9-13-28(22(3)4)29(27)33-30(34)32-20-25(18-23-10-7-6-8-11-23)31-19-24-14-16-26(35-5)17-15-24/h6-17,21-22,25,31H,18-20H2,1-5H3,(H2,32,33,34)/t25-/m0/s1. The number of rotatable bonds is 11. The minimum atomic E-state index is -0.177. The van der Waals surface area contributed by atoms with Crippen molar-refractivity contribution < 1.29 is 9.53 Å². The molecule has 0 aliphatic rings. The molecule has 2 amide bonds. The first-order chi connectivity index (χ1) is 16.9. The van der Waals surface area contributed by atoms with Gasteiger partial charge in [-0.3, -0.25) is 0 Å². The molecule has 3 aromatic rings. The molecule has 0 saturated heterocycles. The van der Waals surface area contributed by atoms with Crippen molar-refractivity contribution in [2.45, 2.75) is 58.5 Å². The Bertz CT molecular complexity index is 1040. The van der Waals surface area contributed by atoms with Gasteiger partial charge in [0.1, 0.15) is 5.75 Å². The Labute approximate surface area is 210 Å². The fourth-order valence-corrected chi connectivity index (χ4v) is 4.19. The molecule has 0 fully saturated rings. The van der Waals surface area contributed by atoms with E-state index in [4.69, 9.17) is 4.74 Å². The second-order valence-corrected chi connectivity index (χ2v) is 9.57. The Morgan fingerprint density at radius 3 is 2.00 bits per heavy atom. The summed E-state index contributed by atoms with van der Waals surface area (Å²) >= 11 is 0. The number of carbonyl (C=O) groups excluding carboxylic acids is 1. The van der Waals surface area contributed by atoms with Crippen LogP contribution in [0.15, 0.2) is 72.8 Å². The van der Waals surface area contributed by atoms with Crippen molar-refractivity contribution in [3.8, 4) is 5.75 Å². The van der Waals surface area contributed by atoms with Crippen molar-refractivity contribution in [2.75, 3.05) is 19.0 Å². The number of carbonyl (C=O) groups is 1. The number of amides is 2. The van der Waals surface area contributed by atoms with Gasteiger partial charge in [0.2, 0.25) is 0 Å². The van der Waals surface area contributed by atoms with Crippen LogP contribution in [0.25, 0.3) is 0 Å². The zero-order valence-corrected chi connectivity index (χ0v) is 21.6. The summed E-state index contributed by atoms with van der Waals surface area (Å²) in [6, 6.07) is 24.6. The van der Waals surface area contributed by atoms with Crippen molar-refractivity contribution >= 4 is 11.7 Å². The predicted octanol–water partition coefficient (Wildman–Crippen LogP) is 6.46. The van der Waals surface area contributed by atoms with Crippen molar-refractivity contribution in [1.29, 1.82) is 0 Å². The monoisotopic (exact) mass is 473 g/mol. The Hall–Kier alpha value is -3.31. The molecule has 3 aromatic carbocycles. The largest absolute Gasteiger partial charge is 0.497 e. The number of anilines is 1. The molecule has 0 unspecified atom stereocenters. The second kappa shape index (κ2) is 13.0. The van der Waals surface area contributed by atoms with Crippen LogP contribution in [0.1, 0.15) is 61.8 Å². The Morgan fingerprint density at radius 1 is 0.800 bits per heavy atom. The molecular weight excluding hydrogens is 434 g/mol. The fraction of sp³-hybridized carbons (Fsp3) is 0.367. The van der Waals surface area contributed by atoms with E-state index in [1.54, 1.807) is 7.11 Å². The fourth-order valence-electron chi connectivity index (χ4n) is 4.19. The number of nitrogens with one attached hydrogen (secondary N) is 3. The molecule has 0 heterocycles. The highest BCUT2D eigenvalue weighted by molar-refractivity contribution is 5.91. The molecule has 35 heavy (non-hydrogen) atoms. The lowest BCUT2D eigenvalue weighted by molar-refractivity contribution is 0.250. The molecule has 186 valence electrons. The molecule has 3 N–H and O–H groups in total. The van der Waals surface area contributed by atoms with Gasteiger partial charge < -0.3 is 20.7 Å². The first kappa shape index (κ1) is 26.3. The number of hydrogen-bond acceptors (Lipinski definition) is 3. The van der Waals surface area contributed by atoms with Crippen LogP contribution in [0.4, 0.5) is 10.5 Å². The van der Waals surface area contributed by atoms with Gasteiger partial charge in [0.25, 0.3) is 0 Å². The van der Waals surface area contributed by atoms with Crippen molar-refractivity contribution in [3.63, 3.8) is 0 Å². The quantitative estimate of drug-likeness (QED) is 0.299. The third kappa shape index (κ3) is 7.86. The van der Waals surface area contributed by atoms with Crippen LogP contribution in [0, 0.1) is 0 Å². The molecule has 0 saturated carbocycles. The lowest BCUT2D eigenvalue weighted by Gasteiger charge is -2.22. The highest BCUT2D eigenvalue weighted by atomic mass is 16.5. The van der Waals surface area contributed by atoms with Gasteiger partial charge in [-0.05, 0) is 52.6 Å². The summed E-state index contributed by atoms with van der Waals surface area (Å²) in [5.74, 6) is 1.48. The number of hydrogen-bond donors (Lipinski definition) is 3. The van der Waals surface area contributed by atoms with Crippen LogP contribution in [-0.2, 0) is 13.0 Å². The van der Waals surface area contributed by atoms with Crippen LogP contribution in [-0.4, -0.2) is 25.7 Å². The van der Waals surface area contributed by atoms with E-state index in [9.17, 15) is 4.79 Å². The lowest BCUT2D eigenvalue weighted by atomic mass is 9.93. The number of urea groups is 1. The van der Waals surface area contributed by atoms with Crippen molar-refractivity contribution in [2.24, 2.45) is 0 Å². The molecule has 0 aliphatic heterocycles. The van der Waals surface area contributed by atoms with E-state index >= 15 is 0 Å². The summed E-state index contributed by atoms with van der Waals surface area (Å²) in [7, 11) is 1.67. The molecule has 0 spiro atoms. The van der Waals surface area contributed by atoms with E-state index in [0.29, 0.717) is 24.9 Å². The Kier molecular flexibility index (Phi) is 9.74. The molecule has 1 atom stereocenters. The van der Waals surface area contributed by atoms with Crippen LogP contribution in [0.5, 0.6) is 5.75 Å². The SMILES string of the molecule is COc1ccc(CN[C@H](CNC(=O)Nc2c(C(C)C)cccc2C(C)C)Cc2ccccc2)cc1. The van der Waals surface area contributed by atoms with Gasteiger partial charge in [0.15, 0.2) is 0 Å². The zero-order valence-electron chi connectivity index (χ0n) is 21.6. The van der Waals surface area contributed by atoms with Gasteiger partial charge >= 0.3 is 6.03 Å². The Morgan fingerprint density at radius 2 is 1.43 bits per heavy atom. The number of benzene rings is 3. The summed E-state index contributed by atoms with van der Waals surface area (Å²) in [6.07, 6.45) is 0.817. The number of methoxy groups -OCH3 is 1. The number of para-hydroxylation sites is 1. The molecule has 0 aliphatic carbocycles. The van der Waals surface area contributed by atoms with Crippen LogP contribution >= 0.6 is 0 Å². The van der Waals surface area contributed by atoms with Crippen LogP contribution in [0.3, 0.4) is 0 Å². The zero-order chi connectivity index (χ0) is 25.2. The first-order valence-corrected chi connectivity index (χ1v) is 12.4. The molecule has 0 bridgehead atoms. The molecule has 0 radical (unpaired) electrons. The van der Waals surface area contributed by atoms with Crippen molar-refractivity contribution in [3.05, 3.63) is 95.1 Å². The smallest absolute Gasteiger partial charge is 0.319 e. The van der Waals surface area contributed by atoms with E-state index in [1.807, 2.05) is 30.3 Å². The maximum absolute atomic E-state index is 13.0. The maximum Gasteiger partial charge on any atom is 0.319 e. The minimum absolute atomic E-state index is 0.0789. The summed E-state index contributed by atoms with van der Waals surface area (Å²) < 4.78 is 5.26. The normalized spacial score (nSPS) is 12.0. The first-order valence-electron chi connectivity index (χ1n) is 12.4. The van der Waals surface area contributed by atoms with Gasteiger partial charge in [-0.15, -0.1) is 0 Å². The van der Waals surface area contributed by atoms with Gasteiger partial charge in [-0.2, -0.15) is 0 Å². The third-order valence-corrected chi connectivity index (χ3v) is 6.20. The Balaban J connectivity index is 1.67. The van der Waals surface area contributed by atoms with Gasteiger partial charge in [-0.1, -0.05) is 88.4 Å². The molecule has 3 rings (SSSR count). The molecule has 5 nitrogen and oxygen atoms in total. The maximum atomic E-state index is 13.0. The van der Waals surface area contributed by atoms with E-state index in [0.717, 1.165) is 29.0 Å². The van der Waals surface area contributed by atoms with Crippen molar-refractivity contribution in [1.82, 2.24) is 10.6 Å². The van der Waals surface area contributed by atoms with Crippen LogP contribution in [0.2, 0.25) is 0 Å². The van der Waals surface area contributed by atoms with E-state index < -0.39 is 0 Å². The predicted molar refractivity (Wildman–Crippen MR) is 145 cm³/mol.